The summed E-state index contributed by atoms with van der Waals surface area (Å²) in [7, 11) is 1.57. The molecule has 0 radical (unpaired) electrons. The van der Waals surface area contributed by atoms with E-state index in [4.69, 9.17) is 4.74 Å². The summed E-state index contributed by atoms with van der Waals surface area (Å²) in [6.07, 6.45) is 0.803. The molecule has 0 unspecified atom stereocenters. The Bertz CT molecular complexity index is 771. The molecular formula is C18H18N2O3. The summed E-state index contributed by atoms with van der Waals surface area (Å²) in [4.78, 5) is 25.6. The maximum absolute atomic E-state index is 12.3. The molecule has 0 bridgehead atoms. The van der Waals surface area contributed by atoms with Gasteiger partial charge in [-0.05, 0) is 48.4 Å². The predicted molar refractivity (Wildman–Crippen MR) is 89.1 cm³/mol. The van der Waals surface area contributed by atoms with Crippen LogP contribution in [0.15, 0.2) is 42.5 Å². The Hall–Kier alpha value is -2.82. The summed E-state index contributed by atoms with van der Waals surface area (Å²) < 4.78 is 5.13. The van der Waals surface area contributed by atoms with E-state index in [-0.39, 0.29) is 11.8 Å². The molecule has 2 aromatic rings. The Kier molecular flexibility index (Phi) is 4.02. The molecule has 2 amide bonds. The molecule has 118 valence electrons. The van der Waals surface area contributed by atoms with Crippen LogP contribution in [0, 0.1) is 0 Å². The molecule has 5 nitrogen and oxygen atoms in total. The SMILES string of the molecule is COc1cccc(C(=O)Nc2ccc3c(c2)CCN3C(C)=O)c1. The fourth-order valence-electron chi connectivity index (χ4n) is 2.77. The molecule has 0 spiro atoms. The minimum absolute atomic E-state index is 0.0388. The summed E-state index contributed by atoms with van der Waals surface area (Å²) in [5, 5.41) is 2.89. The molecule has 23 heavy (non-hydrogen) atoms. The lowest BCUT2D eigenvalue weighted by Crippen LogP contribution is -2.25. The molecule has 0 aromatic heterocycles. The second-order valence-electron chi connectivity index (χ2n) is 5.45. The van der Waals surface area contributed by atoms with Crippen LogP contribution in [0.25, 0.3) is 0 Å². The molecule has 2 aromatic carbocycles. The lowest BCUT2D eigenvalue weighted by atomic mass is 10.1. The monoisotopic (exact) mass is 310 g/mol. The average Bonchev–Trinajstić information content (AvgIpc) is 2.98. The number of rotatable bonds is 3. The predicted octanol–water partition coefficient (Wildman–Crippen LogP) is 2.86. The van der Waals surface area contributed by atoms with E-state index in [1.165, 1.54) is 0 Å². The van der Waals surface area contributed by atoms with Crippen LogP contribution in [0.2, 0.25) is 0 Å². The van der Waals surface area contributed by atoms with E-state index in [0.717, 1.165) is 23.4 Å². The smallest absolute Gasteiger partial charge is 0.255 e. The van der Waals surface area contributed by atoms with Crippen molar-refractivity contribution in [2.75, 3.05) is 23.9 Å². The van der Waals surface area contributed by atoms with Gasteiger partial charge >= 0.3 is 0 Å². The van der Waals surface area contributed by atoms with E-state index >= 15 is 0 Å². The lowest BCUT2D eigenvalue weighted by Gasteiger charge is -2.15. The molecule has 1 aliphatic rings. The second-order valence-corrected chi connectivity index (χ2v) is 5.45. The van der Waals surface area contributed by atoms with E-state index in [1.54, 1.807) is 43.2 Å². The minimum Gasteiger partial charge on any atom is -0.497 e. The van der Waals surface area contributed by atoms with Crippen molar-refractivity contribution in [1.29, 1.82) is 0 Å². The highest BCUT2D eigenvalue weighted by Gasteiger charge is 2.22. The zero-order valence-corrected chi connectivity index (χ0v) is 13.1. The molecule has 1 heterocycles. The molecular weight excluding hydrogens is 292 g/mol. The van der Waals surface area contributed by atoms with Gasteiger partial charge in [-0.3, -0.25) is 9.59 Å². The molecule has 0 saturated heterocycles. The first kappa shape index (κ1) is 15.1. The molecule has 0 fully saturated rings. The fraction of sp³-hybridized carbons (Fsp3) is 0.222. The van der Waals surface area contributed by atoms with Gasteiger partial charge in [0.2, 0.25) is 5.91 Å². The van der Waals surface area contributed by atoms with Crippen molar-refractivity contribution in [3.05, 3.63) is 53.6 Å². The van der Waals surface area contributed by atoms with E-state index in [2.05, 4.69) is 5.32 Å². The summed E-state index contributed by atoms with van der Waals surface area (Å²) in [5.74, 6) is 0.492. The lowest BCUT2D eigenvalue weighted by molar-refractivity contribution is -0.116. The van der Waals surface area contributed by atoms with Crippen molar-refractivity contribution in [3.8, 4) is 5.75 Å². The number of hydrogen-bond acceptors (Lipinski definition) is 3. The molecule has 0 atom stereocenters. The number of benzene rings is 2. The first-order valence-corrected chi connectivity index (χ1v) is 7.45. The molecule has 1 N–H and O–H groups in total. The van der Waals surface area contributed by atoms with Gasteiger partial charge in [-0.25, -0.2) is 0 Å². The number of amides is 2. The number of hydrogen-bond donors (Lipinski definition) is 1. The van der Waals surface area contributed by atoms with Gasteiger partial charge in [0.25, 0.3) is 5.91 Å². The van der Waals surface area contributed by atoms with Crippen molar-refractivity contribution in [2.24, 2.45) is 0 Å². The Morgan fingerprint density at radius 1 is 1.17 bits per heavy atom. The number of nitrogens with one attached hydrogen (secondary N) is 1. The van der Waals surface area contributed by atoms with Crippen LogP contribution >= 0.6 is 0 Å². The van der Waals surface area contributed by atoms with Crippen molar-refractivity contribution < 1.29 is 14.3 Å². The molecule has 5 heteroatoms. The first-order valence-electron chi connectivity index (χ1n) is 7.45. The maximum Gasteiger partial charge on any atom is 0.255 e. The first-order chi connectivity index (χ1) is 11.1. The van der Waals surface area contributed by atoms with E-state index in [1.807, 2.05) is 18.2 Å². The largest absolute Gasteiger partial charge is 0.497 e. The zero-order valence-electron chi connectivity index (χ0n) is 13.1. The van der Waals surface area contributed by atoms with E-state index < -0.39 is 0 Å². The van der Waals surface area contributed by atoms with Crippen molar-refractivity contribution in [1.82, 2.24) is 0 Å². The van der Waals surface area contributed by atoms with Crippen LogP contribution in [0.4, 0.5) is 11.4 Å². The number of carbonyl (C=O) groups is 2. The molecule has 1 aliphatic heterocycles. The van der Waals surface area contributed by atoms with Crippen LogP contribution in [-0.4, -0.2) is 25.5 Å². The number of fused-ring (bicyclic) bond motifs is 1. The van der Waals surface area contributed by atoms with Crippen LogP contribution < -0.4 is 15.0 Å². The van der Waals surface area contributed by atoms with Crippen LogP contribution in [-0.2, 0) is 11.2 Å². The van der Waals surface area contributed by atoms with Crippen LogP contribution in [0.5, 0.6) is 5.75 Å². The molecule has 0 saturated carbocycles. The van der Waals surface area contributed by atoms with Gasteiger partial charge in [-0.1, -0.05) is 6.07 Å². The van der Waals surface area contributed by atoms with Crippen molar-refractivity contribution >= 4 is 23.2 Å². The number of anilines is 2. The average molecular weight is 310 g/mol. The molecule has 3 rings (SSSR count). The van der Waals surface area contributed by atoms with E-state index in [0.29, 0.717) is 17.9 Å². The van der Waals surface area contributed by atoms with Crippen molar-refractivity contribution in [2.45, 2.75) is 13.3 Å². The number of methoxy groups -OCH3 is 1. The molecule has 0 aliphatic carbocycles. The summed E-state index contributed by atoms with van der Waals surface area (Å²) in [6.45, 7) is 2.26. The third-order valence-electron chi connectivity index (χ3n) is 3.94. The fourth-order valence-corrected chi connectivity index (χ4v) is 2.77. The van der Waals surface area contributed by atoms with E-state index in [9.17, 15) is 9.59 Å². The van der Waals surface area contributed by atoms with Crippen LogP contribution in [0.1, 0.15) is 22.8 Å². The highest BCUT2D eigenvalue weighted by molar-refractivity contribution is 6.05. The normalized spacial score (nSPS) is 12.7. The topological polar surface area (TPSA) is 58.6 Å². The third kappa shape index (κ3) is 3.04. The van der Waals surface area contributed by atoms with Gasteiger partial charge in [-0.15, -0.1) is 0 Å². The number of carbonyl (C=O) groups excluding carboxylic acids is 2. The number of nitrogens with zero attached hydrogens (tertiary/aromatic N) is 1. The van der Waals surface area contributed by atoms with Gasteiger partial charge < -0.3 is 15.0 Å². The van der Waals surface area contributed by atoms with Crippen LogP contribution in [0.3, 0.4) is 0 Å². The van der Waals surface area contributed by atoms with Gasteiger partial charge in [0.15, 0.2) is 0 Å². The standard InChI is InChI=1S/C18H18N2O3/c1-12(21)20-9-8-13-10-15(6-7-17(13)20)19-18(22)14-4-3-5-16(11-14)23-2/h3-7,10-11H,8-9H2,1-2H3,(H,19,22). The zero-order chi connectivity index (χ0) is 16.4. The summed E-state index contributed by atoms with van der Waals surface area (Å²) in [5.41, 5.74) is 3.26. The summed E-state index contributed by atoms with van der Waals surface area (Å²) in [6, 6.07) is 12.6. The maximum atomic E-state index is 12.3. The Balaban J connectivity index is 1.78. The second kappa shape index (κ2) is 6.12. The highest BCUT2D eigenvalue weighted by Crippen LogP contribution is 2.30. The highest BCUT2D eigenvalue weighted by atomic mass is 16.5. The number of ether oxygens (including phenoxy) is 1. The van der Waals surface area contributed by atoms with Gasteiger partial charge in [0, 0.05) is 30.4 Å². The quantitative estimate of drug-likeness (QED) is 0.948. The van der Waals surface area contributed by atoms with Gasteiger partial charge in [0.05, 0.1) is 7.11 Å². The minimum atomic E-state index is -0.190. The Morgan fingerprint density at radius 3 is 2.74 bits per heavy atom. The third-order valence-corrected chi connectivity index (χ3v) is 3.94. The summed E-state index contributed by atoms with van der Waals surface area (Å²) >= 11 is 0. The van der Waals surface area contributed by atoms with Gasteiger partial charge in [0.1, 0.15) is 5.75 Å². The van der Waals surface area contributed by atoms with Crippen molar-refractivity contribution in [3.63, 3.8) is 0 Å². The van der Waals surface area contributed by atoms with Gasteiger partial charge in [-0.2, -0.15) is 0 Å². The Labute approximate surface area is 134 Å². The Morgan fingerprint density at radius 2 is 2.00 bits per heavy atom.